The Labute approximate surface area is 128 Å². The summed E-state index contributed by atoms with van der Waals surface area (Å²) in [6.07, 6.45) is 0. The van der Waals surface area contributed by atoms with Crippen LogP contribution < -0.4 is 5.32 Å². The number of thioether (sulfide) groups is 1. The molecule has 1 N–H and O–H groups in total. The molecule has 1 aliphatic rings. The van der Waals surface area contributed by atoms with Gasteiger partial charge in [-0.05, 0) is 26.3 Å². The molecular formula is C17H28N2S. The molecule has 0 spiro atoms. The predicted molar refractivity (Wildman–Crippen MR) is 90.4 cm³/mol. The van der Waals surface area contributed by atoms with E-state index in [2.05, 4.69) is 80.0 Å². The Morgan fingerprint density at radius 3 is 2.60 bits per heavy atom. The van der Waals surface area contributed by atoms with Crippen molar-refractivity contribution in [1.29, 1.82) is 0 Å². The Balaban J connectivity index is 2.11. The van der Waals surface area contributed by atoms with Gasteiger partial charge in [0.1, 0.15) is 0 Å². The summed E-state index contributed by atoms with van der Waals surface area (Å²) in [4.78, 5) is 2.65. The fraction of sp³-hybridized carbons (Fsp3) is 0.647. The Kier molecular flexibility index (Phi) is 5.53. The third-order valence-corrected chi connectivity index (χ3v) is 4.86. The van der Waals surface area contributed by atoms with Gasteiger partial charge in [-0.25, -0.2) is 0 Å². The van der Waals surface area contributed by atoms with Crippen molar-refractivity contribution in [1.82, 2.24) is 10.2 Å². The molecule has 2 rings (SSSR count). The van der Waals surface area contributed by atoms with Crippen molar-refractivity contribution in [2.24, 2.45) is 0 Å². The highest BCUT2D eigenvalue weighted by molar-refractivity contribution is 7.99. The molecule has 2 atom stereocenters. The van der Waals surface area contributed by atoms with E-state index < -0.39 is 0 Å². The Bertz CT molecular complexity index is 399. The van der Waals surface area contributed by atoms with E-state index in [-0.39, 0.29) is 5.54 Å². The number of rotatable bonds is 4. The van der Waals surface area contributed by atoms with E-state index in [1.54, 1.807) is 0 Å². The zero-order valence-corrected chi connectivity index (χ0v) is 14.0. The Morgan fingerprint density at radius 1 is 1.30 bits per heavy atom. The van der Waals surface area contributed by atoms with Gasteiger partial charge in [0.25, 0.3) is 0 Å². The minimum Gasteiger partial charge on any atom is -0.310 e. The summed E-state index contributed by atoms with van der Waals surface area (Å²) < 4.78 is 0. The maximum Gasteiger partial charge on any atom is 0.0473 e. The maximum absolute atomic E-state index is 3.68. The third kappa shape index (κ3) is 4.80. The van der Waals surface area contributed by atoms with E-state index >= 15 is 0 Å². The van der Waals surface area contributed by atoms with Crippen LogP contribution in [0.2, 0.25) is 0 Å². The Hall–Kier alpha value is -0.510. The highest BCUT2D eigenvalue weighted by atomic mass is 32.2. The van der Waals surface area contributed by atoms with Gasteiger partial charge in [-0.3, -0.25) is 4.90 Å². The molecule has 0 saturated carbocycles. The van der Waals surface area contributed by atoms with E-state index in [1.807, 2.05) is 0 Å². The minimum absolute atomic E-state index is 0.170. The van der Waals surface area contributed by atoms with E-state index in [1.165, 1.54) is 24.4 Å². The molecule has 1 saturated heterocycles. The second-order valence-corrected chi connectivity index (χ2v) is 8.28. The molecule has 1 aromatic rings. The van der Waals surface area contributed by atoms with Crippen LogP contribution >= 0.6 is 11.8 Å². The lowest BCUT2D eigenvalue weighted by atomic mass is 10.0. The quantitative estimate of drug-likeness (QED) is 0.913. The zero-order chi connectivity index (χ0) is 14.6. The molecule has 2 unspecified atom stereocenters. The van der Waals surface area contributed by atoms with Gasteiger partial charge in [0.2, 0.25) is 0 Å². The summed E-state index contributed by atoms with van der Waals surface area (Å²) in [5.41, 5.74) is 1.60. The van der Waals surface area contributed by atoms with Crippen LogP contribution in [0.15, 0.2) is 30.3 Å². The van der Waals surface area contributed by atoms with Crippen molar-refractivity contribution in [2.45, 2.75) is 44.5 Å². The van der Waals surface area contributed by atoms with Gasteiger partial charge in [0, 0.05) is 42.2 Å². The van der Waals surface area contributed by atoms with Crippen LogP contribution in [0.3, 0.4) is 0 Å². The van der Waals surface area contributed by atoms with E-state index in [9.17, 15) is 0 Å². The summed E-state index contributed by atoms with van der Waals surface area (Å²) >= 11 is 2.10. The molecule has 1 aromatic carbocycles. The maximum atomic E-state index is 3.68. The van der Waals surface area contributed by atoms with Crippen molar-refractivity contribution >= 4 is 11.8 Å². The first-order valence-electron chi connectivity index (χ1n) is 7.61. The zero-order valence-electron chi connectivity index (χ0n) is 13.2. The van der Waals surface area contributed by atoms with Crippen LogP contribution in [-0.4, -0.2) is 41.1 Å². The standard InChI is InChI=1S/C17H28N2S/c1-14-13-19(10-11-20-14)16(12-18-17(2,3)4)15-8-6-5-7-9-15/h5-9,14,16,18H,10-13H2,1-4H3. The van der Waals surface area contributed by atoms with Crippen molar-refractivity contribution < 1.29 is 0 Å². The molecule has 2 nitrogen and oxygen atoms in total. The minimum atomic E-state index is 0.170. The van der Waals surface area contributed by atoms with Crippen molar-refractivity contribution in [2.75, 3.05) is 25.4 Å². The second-order valence-electron chi connectivity index (χ2n) is 6.73. The summed E-state index contributed by atoms with van der Waals surface area (Å²) in [5.74, 6) is 1.25. The molecule has 0 aromatic heterocycles. The van der Waals surface area contributed by atoms with Crippen LogP contribution in [0, 0.1) is 0 Å². The van der Waals surface area contributed by atoms with Gasteiger partial charge >= 0.3 is 0 Å². The molecule has 1 fully saturated rings. The summed E-state index contributed by atoms with van der Waals surface area (Å²) in [5, 5.41) is 4.42. The first-order chi connectivity index (χ1) is 9.46. The molecule has 3 heteroatoms. The lowest BCUT2D eigenvalue weighted by Crippen LogP contribution is -2.46. The van der Waals surface area contributed by atoms with Crippen molar-refractivity contribution in [3.63, 3.8) is 0 Å². The monoisotopic (exact) mass is 292 g/mol. The SMILES string of the molecule is CC1CN(C(CNC(C)(C)C)c2ccccc2)CCS1. The van der Waals surface area contributed by atoms with Gasteiger partial charge < -0.3 is 5.32 Å². The number of nitrogens with one attached hydrogen (secondary N) is 1. The number of hydrogen-bond acceptors (Lipinski definition) is 3. The fourth-order valence-corrected chi connectivity index (χ4v) is 3.70. The van der Waals surface area contributed by atoms with Crippen LogP contribution in [0.5, 0.6) is 0 Å². The molecule has 1 aliphatic heterocycles. The lowest BCUT2D eigenvalue weighted by molar-refractivity contribution is 0.191. The highest BCUT2D eigenvalue weighted by Crippen LogP contribution is 2.27. The van der Waals surface area contributed by atoms with Crippen molar-refractivity contribution in [3.8, 4) is 0 Å². The van der Waals surface area contributed by atoms with Gasteiger partial charge in [0.05, 0.1) is 0 Å². The number of nitrogens with zero attached hydrogens (tertiary/aromatic N) is 1. The van der Waals surface area contributed by atoms with Gasteiger partial charge in [-0.2, -0.15) is 11.8 Å². The largest absolute Gasteiger partial charge is 0.310 e. The summed E-state index contributed by atoms with van der Waals surface area (Å²) in [6, 6.07) is 11.4. The molecule has 0 aliphatic carbocycles. The van der Waals surface area contributed by atoms with Crippen molar-refractivity contribution in [3.05, 3.63) is 35.9 Å². The fourth-order valence-electron chi connectivity index (χ4n) is 2.66. The van der Waals surface area contributed by atoms with Gasteiger partial charge in [0.15, 0.2) is 0 Å². The summed E-state index contributed by atoms with van der Waals surface area (Å²) in [7, 11) is 0. The number of hydrogen-bond donors (Lipinski definition) is 1. The topological polar surface area (TPSA) is 15.3 Å². The number of benzene rings is 1. The molecule has 1 heterocycles. The molecule has 0 amide bonds. The van der Waals surface area contributed by atoms with E-state index in [0.29, 0.717) is 6.04 Å². The van der Waals surface area contributed by atoms with E-state index in [4.69, 9.17) is 0 Å². The average Bonchev–Trinajstić information content (AvgIpc) is 2.39. The third-order valence-electron chi connectivity index (χ3n) is 3.72. The lowest BCUT2D eigenvalue weighted by Gasteiger charge is -2.38. The molecule has 0 radical (unpaired) electrons. The van der Waals surface area contributed by atoms with Crippen LogP contribution in [0.4, 0.5) is 0 Å². The molecular weight excluding hydrogens is 264 g/mol. The van der Waals surface area contributed by atoms with Gasteiger partial charge in [-0.15, -0.1) is 0 Å². The molecule has 0 bridgehead atoms. The Morgan fingerprint density at radius 2 is 2.00 bits per heavy atom. The average molecular weight is 292 g/mol. The molecule has 20 heavy (non-hydrogen) atoms. The predicted octanol–water partition coefficient (Wildman–Crippen LogP) is 3.55. The normalized spacial score (nSPS) is 22.7. The smallest absolute Gasteiger partial charge is 0.0473 e. The second kappa shape index (κ2) is 6.97. The van der Waals surface area contributed by atoms with Crippen LogP contribution in [0.1, 0.15) is 39.3 Å². The molecule has 112 valence electrons. The first kappa shape index (κ1) is 15.9. The van der Waals surface area contributed by atoms with E-state index in [0.717, 1.165) is 11.8 Å². The highest BCUT2D eigenvalue weighted by Gasteiger charge is 2.26. The van der Waals surface area contributed by atoms with Gasteiger partial charge in [-0.1, -0.05) is 37.3 Å². The van der Waals surface area contributed by atoms with Crippen LogP contribution in [0.25, 0.3) is 0 Å². The van der Waals surface area contributed by atoms with Crippen LogP contribution in [-0.2, 0) is 0 Å². The summed E-state index contributed by atoms with van der Waals surface area (Å²) in [6.45, 7) is 12.5. The first-order valence-corrected chi connectivity index (χ1v) is 8.66.